The number of aromatic nitrogens is 1. The molecule has 0 radical (unpaired) electrons. The average molecular weight is 263 g/mol. The van der Waals surface area contributed by atoms with Gasteiger partial charge in [0.2, 0.25) is 0 Å². The molecule has 0 bridgehead atoms. The van der Waals surface area contributed by atoms with Gasteiger partial charge in [-0.2, -0.15) is 0 Å². The van der Waals surface area contributed by atoms with E-state index < -0.39 is 5.60 Å². The number of nitrogens with zero attached hydrogens (tertiary/aromatic N) is 1. The van der Waals surface area contributed by atoms with Crippen LogP contribution in [0.1, 0.15) is 18.9 Å². The summed E-state index contributed by atoms with van der Waals surface area (Å²) >= 11 is 1.57. The van der Waals surface area contributed by atoms with Crippen LogP contribution in [0.25, 0.3) is 11.3 Å². The number of methoxy groups -OCH3 is 1. The predicted molar refractivity (Wildman–Crippen MR) is 74.1 cm³/mol. The minimum absolute atomic E-state index is 0.571. The summed E-state index contributed by atoms with van der Waals surface area (Å²) in [6.07, 6.45) is 0.571. The standard InChI is InChI=1S/C14H17NO2S/c1-14(2,16)8-13-15-12(9-18-13)10-5-4-6-11(7-10)17-3/h4-7,9,16H,8H2,1-3H3. The number of hydrogen-bond acceptors (Lipinski definition) is 4. The molecule has 4 heteroatoms. The monoisotopic (exact) mass is 263 g/mol. The summed E-state index contributed by atoms with van der Waals surface area (Å²) < 4.78 is 5.20. The van der Waals surface area contributed by atoms with E-state index in [2.05, 4.69) is 4.98 Å². The van der Waals surface area contributed by atoms with Crippen molar-refractivity contribution in [3.8, 4) is 17.0 Å². The van der Waals surface area contributed by atoms with Gasteiger partial charge in [0.25, 0.3) is 0 Å². The lowest BCUT2D eigenvalue weighted by atomic mass is 10.1. The normalized spacial score (nSPS) is 11.6. The molecule has 2 aromatic rings. The molecule has 96 valence electrons. The van der Waals surface area contributed by atoms with Crippen LogP contribution < -0.4 is 4.74 Å². The Balaban J connectivity index is 2.23. The van der Waals surface area contributed by atoms with Crippen molar-refractivity contribution in [3.63, 3.8) is 0 Å². The number of benzene rings is 1. The Bertz CT molecular complexity index is 529. The third-order valence-corrected chi connectivity index (χ3v) is 3.35. The van der Waals surface area contributed by atoms with Crippen molar-refractivity contribution in [1.29, 1.82) is 0 Å². The molecule has 0 unspecified atom stereocenters. The van der Waals surface area contributed by atoms with Gasteiger partial charge in [0.15, 0.2) is 0 Å². The van der Waals surface area contributed by atoms with Gasteiger partial charge in [-0.1, -0.05) is 12.1 Å². The molecule has 18 heavy (non-hydrogen) atoms. The fourth-order valence-electron chi connectivity index (χ4n) is 1.68. The largest absolute Gasteiger partial charge is 0.497 e. The SMILES string of the molecule is COc1cccc(-c2csc(CC(C)(C)O)n2)c1. The topological polar surface area (TPSA) is 42.4 Å². The Labute approximate surface area is 111 Å². The van der Waals surface area contributed by atoms with E-state index in [1.165, 1.54) is 0 Å². The lowest BCUT2D eigenvalue weighted by Crippen LogP contribution is -2.21. The van der Waals surface area contributed by atoms with Crippen LogP contribution in [0.4, 0.5) is 0 Å². The number of ether oxygens (including phenoxy) is 1. The van der Waals surface area contributed by atoms with Gasteiger partial charge in [-0.25, -0.2) is 4.98 Å². The van der Waals surface area contributed by atoms with Crippen molar-refractivity contribution in [2.75, 3.05) is 7.11 Å². The number of thiazole rings is 1. The highest BCUT2D eigenvalue weighted by Crippen LogP contribution is 2.26. The first-order valence-electron chi connectivity index (χ1n) is 5.79. The van der Waals surface area contributed by atoms with Gasteiger partial charge in [0.1, 0.15) is 5.75 Å². The molecule has 0 saturated heterocycles. The fraction of sp³-hybridized carbons (Fsp3) is 0.357. The van der Waals surface area contributed by atoms with Crippen LogP contribution >= 0.6 is 11.3 Å². The van der Waals surface area contributed by atoms with E-state index in [4.69, 9.17) is 4.74 Å². The minimum atomic E-state index is -0.719. The zero-order valence-electron chi connectivity index (χ0n) is 10.8. The van der Waals surface area contributed by atoms with Gasteiger partial charge < -0.3 is 9.84 Å². The summed E-state index contributed by atoms with van der Waals surface area (Å²) in [5.74, 6) is 0.824. The molecule has 0 aliphatic carbocycles. The van der Waals surface area contributed by atoms with Gasteiger partial charge in [-0.05, 0) is 26.0 Å². The molecule has 0 aliphatic heterocycles. The van der Waals surface area contributed by atoms with Crippen molar-refractivity contribution < 1.29 is 9.84 Å². The molecule has 1 N–H and O–H groups in total. The average Bonchev–Trinajstić information content (AvgIpc) is 2.75. The Kier molecular flexibility index (Phi) is 3.68. The number of rotatable bonds is 4. The lowest BCUT2D eigenvalue weighted by Gasteiger charge is -2.14. The number of hydrogen-bond donors (Lipinski definition) is 1. The molecule has 1 aromatic heterocycles. The zero-order chi connectivity index (χ0) is 13.2. The Morgan fingerprint density at radius 3 is 2.83 bits per heavy atom. The van der Waals surface area contributed by atoms with Gasteiger partial charge in [-0.15, -0.1) is 11.3 Å². The van der Waals surface area contributed by atoms with Gasteiger partial charge in [-0.3, -0.25) is 0 Å². The van der Waals surface area contributed by atoms with E-state index in [0.29, 0.717) is 6.42 Å². The first-order chi connectivity index (χ1) is 8.48. The van der Waals surface area contributed by atoms with Crippen molar-refractivity contribution >= 4 is 11.3 Å². The molecule has 0 aliphatic rings. The van der Waals surface area contributed by atoms with E-state index in [9.17, 15) is 5.11 Å². The maximum atomic E-state index is 9.78. The maximum Gasteiger partial charge on any atom is 0.119 e. The highest BCUT2D eigenvalue weighted by molar-refractivity contribution is 7.09. The first kappa shape index (κ1) is 13.1. The van der Waals surface area contributed by atoms with Crippen LogP contribution in [-0.4, -0.2) is 22.8 Å². The Morgan fingerprint density at radius 2 is 2.17 bits per heavy atom. The van der Waals surface area contributed by atoms with Crippen molar-refractivity contribution in [1.82, 2.24) is 4.98 Å². The van der Waals surface area contributed by atoms with E-state index in [-0.39, 0.29) is 0 Å². The van der Waals surface area contributed by atoms with Crippen molar-refractivity contribution in [2.24, 2.45) is 0 Å². The van der Waals surface area contributed by atoms with Crippen LogP contribution in [0, 0.1) is 0 Å². The summed E-state index contributed by atoms with van der Waals surface area (Å²) in [6, 6.07) is 7.82. The second kappa shape index (κ2) is 5.08. The van der Waals surface area contributed by atoms with Crippen LogP contribution in [0.5, 0.6) is 5.75 Å². The summed E-state index contributed by atoms with van der Waals surface area (Å²) in [4.78, 5) is 4.54. The third-order valence-electron chi connectivity index (χ3n) is 2.50. The van der Waals surface area contributed by atoms with Crippen molar-refractivity contribution in [2.45, 2.75) is 25.9 Å². The molecule has 3 nitrogen and oxygen atoms in total. The van der Waals surface area contributed by atoms with Crippen LogP contribution in [0.2, 0.25) is 0 Å². The minimum Gasteiger partial charge on any atom is -0.497 e. The smallest absolute Gasteiger partial charge is 0.119 e. The van der Waals surface area contributed by atoms with E-state index in [1.807, 2.05) is 29.6 Å². The van der Waals surface area contributed by atoms with E-state index in [0.717, 1.165) is 22.0 Å². The quantitative estimate of drug-likeness (QED) is 0.921. The Morgan fingerprint density at radius 1 is 1.39 bits per heavy atom. The molecule has 0 saturated carbocycles. The summed E-state index contributed by atoms with van der Waals surface area (Å²) in [5.41, 5.74) is 1.24. The molecule has 0 amide bonds. The van der Waals surface area contributed by atoms with Crippen LogP contribution in [0.3, 0.4) is 0 Å². The molecular weight excluding hydrogens is 246 g/mol. The summed E-state index contributed by atoms with van der Waals surface area (Å²) in [7, 11) is 1.65. The summed E-state index contributed by atoms with van der Waals surface area (Å²) in [5, 5.41) is 12.7. The molecule has 1 heterocycles. The maximum absolute atomic E-state index is 9.78. The number of aliphatic hydroxyl groups is 1. The van der Waals surface area contributed by atoms with Crippen LogP contribution in [-0.2, 0) is 6.42 Å². The van der Waals surface area contributed by atoms with Gasteiger partial charge >= 0.3 is 0 Å². The third kappa shape index (κ3) is 3.31. The van der Waals surface area contributed by atoms with Crippen molar-refractivity contribution in [3.05, 3.63) is 34.7 Å². The fourth-order valence-corrected chi connectivity index (χ4v) is 2.70. The van der Waals surface area contributed by atoms with Gasteiger partial charge in [0.05, 0.1) is 23.4 Å². The molecule has 0 fully saturated rings. The summed E-state index contributed by atoms with van der Waals surface area (Å²) in [6.45, 7) is 3.58. The highest BCUT2D eigenvalue weighted by Gasteiger charge is 2.16. The molecule has 2 rings (SSSR count). The van der Waals surface area contributed by atoms with E-state index >= 15 is 0 Å². The van der Waals surface area contributed by atoms with Crippen LogP contribution in [0.15, 0.2) is 29.6 Å². The Hall–Kier alpha value is -1.39. The molecule has 1 aromatic carbocycles. The second-order valence-electron chi connectivity index (χ2n) is 4.85. The van der Waals surface area contributed by atoms with E-state index in [1.54, 1.807) is 32.3 Å². The lowest BCUT2D eigenvalue weighted by molar-refractivity contribution is 0.0809. The molecular formula is C14H17NO2S. The molecule has 0 atom stereocenters. The highest BCUT2D eigenvalue weighted by atomic mass is 32.1. The van der Waals surface area contributed by atoms with Gasteiger partial charge in [0, 0.05) is 17.4 Å². The zero-order valence-corrected chi connectivity index (χ0v) is 11.6. The molecule has 0 spiro atoms. The predicted octanol–water partition coefficient (Wildman–Crippen LogP) is 3.13. The first-order valence-corrected chi connectivity index (χ1v) is 6.67. The second-order valence-corrected chi connectivity index (χ2v) is 5.79.